The lowest BCUT2D eigenvalue weighted by atomic mass is 9.70. The predicted octanol–water partition coefficient (Wildman–Crippen LogP) is 4.97. The maximum Gasteiger partial charge on any atom is 0.313 e. The second-order valence-corrected chi connectivity index (χ2v) is 15.8. The zero-order valence-electron chi connectivity index (χ0n) is 31.2. The maximum atomic E-state index is 15.2. The second-order valence-electron chi connectivity index (χ2n) is 14.6. The number of allylic oxidation sites excluding steroid dienone is 1. The molecule has 0 radical (unpaired) electrons. The number of ether oxygens (including phenoxy) is 3. The topological polar surface area (TPSA) is 135 Å². The molecule has 9 atom stereocenters. The smallest absolute Gasteiger partial charge is 0.313 e. The van der Waals surface area contributed by atoms with Crippen molar-refractivity contribution >= 4 is 45.3 Å². The van der Waals surface area contributed by atoms with Crippen LogP contribution in [0.1, 0.15) is 55.9 Å². The molecule has 2 bridgehead atoms. The van der Waals surface area contributed by atoms with Crippen molar-refractivity contribution < 1.29 is 38.5 Å². The third-order valence-corrected chi connectivity index (χ3v) is 11.7. The number of amides is 3. The summed E-state index contributed by atoms with van der Waals surface area (Å²) in [6.07, 6.45) is 2.48. The van der Waals surface area contributed by atoms with E-state index in [9.17, 15) is 19.5 Å². The Balaban J connectivity index is 1.58. The number of hydrogen-bond donors (Lipinski definition) is 2. The van der Waals surface area contributed by atoms with Crippen LogP contribution in [0.2, 0.25) is 0 Å². The highest BCUT2D eigenvalue weighted by atomic mass is 79.9. The number of alkyl halides is 1. The zero-order chi connectivity index (χ0) is 38.6. The molecule has 3 saturated heterocycles. The number of fused-ring (bicyclic) bond motifs is 1. The number of nitrogens with one attached hydrogen (secondary N) is 1. The van der Waals surface area contributed by atoms with E-state index < -0.39 is 66.3 Å². The molecule has 3 fully saturated rings. The number of hydrogen-bond acceptors (Lipinski definition) is 8. The number of para-hydroxylation sites is 1. The van der Waals surface area contributed by atoms with Gasteiger partial charge in [-0.3, -0.25) is 19.2 Å². The summed E-state index contributed by atoms with van der Waals surface area (Å²) in [6.45, 7) is 15.1. The predicted molar refractivity (Wildman–Crippen MR) is 205 cm³/mol. The summed E-state index contributed by atoms with van der Waals surface area (Å²) in [5, 5.41) is 13.7. The fourth-order valence-corrected chi connectivity index (χ4v) is 9.46. The van der Waals surface area contributed by atoms with E-state index >= 15 is 4.79 Å². The molecule has 5 rings (SSSR count). The first-order chi connectivity index (χ1) is 25.4. The highest BCUT2D eigenvalue weighted by molar-refractivity contribution is 9.09. The van der Waals surface area contributed by atoms with Gasteiger partial charge in [-0.25, -0.2) is 0 Å². The summed E-state index contributed by atoms with van der Waals surface area (Å²) in [4.78, 5) is 60.5. The third-order valence-electron chi connectivity index (χ3n) is 10.8. The van der Waals surface area contributed by atoms with Gasteiger partial charge in [-0.15, -0.1) is 13.2 Å². The monoisotopic (exact) mass is 793 g/mol. The summed E-state index contributed by atoms with van der Waals surface area (Å²) in [5.41, 5.74) is 1.68. The number of benzene rings is 2. The molecule has 53 heavy (non-hydrogen) atoms. The van der Waals surface area contributed by atoms with Crippen molar-refractivity contribution in [2.75, 3.05) is 31.8 Å². The van der Waals surface area contributed by atoms with Crippen LogP contribution in [0.25, 0.3) is 0 Å². The first kappa shape index (κ1) is 40.3. The van der Waals surface area contributed by atoms with Crippen LogP contribution in [0, 0.1) is 31.6 Å². The molecule has 3 heterocycles. The van der Waals surface area contributed by atoms with Gasteiger partial charge in [0, 0.05) is 30.6 Å². The van der Waals surface area contributed by atoms with E-state index in [1.165, 1.54) is 12.0 Å². The van der Waals surface area contributed by atoms with Gasteiger partial charge in [-0.05, 0) is 49.3 Å². The average Bonchev–Trinajstić information content (AvgIpc) is 3.72. The normalized spacial score (nSPS) is 26.2. The van der Waals surface area contributed by atoms with Crippen LogP contribution in [-0.4, -0.2) is 95.2 Å². The summed E-state index contributed by atoms with van der Waals surface area (Å²) in [7, 11) is 1.50. The van der Waals surface area contributed by atoms with Gasteiger partial charge in [-0.2, -0.15) is 0 Å². The van der Waals surface area contributed by atoms with E-state index in [1.54, 1.807) is 29.2 Å². The number of aryl methyl sites for hydroxylation is 2. The van der Waals surface area contributed by atoms with E-state index in [1.807, 2.05) is 64.1 Å². The molecule has 1 spiro atoms. The van der Waals surface area contributed by atoms with Gasteiger partial charge in [0.15, 0.2) is 0 Å². The fourth-order valence-electron chi connectivity index (χ4n) is 8.52. The molecule has 0 saturated carbocycles. The Morgan fingerprint density at radius 2 is 1.79 bits per heavy atom. The second kappa shape index (κ2) is 17.1. The highest BCUT2D eigenvalue weighted by Gasteiger charge is 2.78. The average molecular weight is 795 g/mol. The van der Waals surface area contributed by atoms with Crippen LogP contribution >= 0.6 is 15.9 Å². The Kier molecular flexibility index (Phi) is 13.0. The minimum absolute atomic E-state index is 0.0407. The Hall–Kier alpha value is -3.84. The molecule has 3 aliphatic rings. The molecular weight excluding hydrogens is 742 g/mol. The summed E-state index contributed by atoms with van der Waals surface area (Å²) >= 11 is 3.75. The fraction of sp³-hybridized carbons (Fsp3) is 0.512. The first-order valence-corrected chi connectivity index (χ1v) is 19.2. The summed E-state index contributed by atoms with van der Waals surface area (Å²) in [6, 6.07) is 12.2. The van der Waals surface area contributed by atoms with Crippen molar-refractivity contribution in [2.45, 2.75) is 87.7 Å². The van der Waals surface area contributed by atoms with E-state index in [-0.39, 0.29) is 48.6 Å². The van der Waals surface area contributed by atoms with Crippen LogP contribution < -0.4 is 10.2 Å². The molecule has 2 aromatic carbocycles. The lowest BCUT2D eigenvalue weighted by Crippen LogP contribution is -2.60. The number of esters is 1. The number of nitrogens with zero attached hydrogens (tertiary/aromatic N) is 2. The minimum Gasteiger partial charge on any atom is -0.455 e. The number of halogens is 1. The largest absolute Gasteiger partial charge is 0.455 e. The van der Waals surface area contributed by atoms with Crippen molar-refractivity contribution in [3.63, 3.8) is 0 Å². The quantitative estimate of drug-likeness (QED) is 0.130. The minimum atomic E-state index is -1.40. The number of carbonyl (C=O) groups excluding carboxylic acids is 4. The molecule has 0 aliphatic carbocycles. The number of methoxy groups -OCH3 is 1. The van der Waals surface area contributed by atoms with Crippen LogP contribution in [0.3, 0.4) is 0 Å². The zero-order valence-corrected chi connectivity index (χ0v) is 32.8. The lowest BCUT2D eigenvalue weighted by molar-refractivity contribution is -0.163. The van der Waals surface area contributed by atoms with Gasteiger partial charge in [0.05, 0.1) is 43.2 Å². The molecule has 286 valence electrons. The molecular formula is C41H52BrN3O8. The van der Waals surface area contributed by atoms with Crippen LogP contribution in [0.5, 0.6) is 0 Å². The molecule has 3 amide bonds. The van der Waals surface area contributed by atoms with Crippen molar-refractivity contribution in [3.8, 4) is 0 Å². The Bertz CT molecular complexity index is 1670. The van der Waals surface area contributed by atoms with Gasteiger partial charge in [0.25, 0.3) is 5.91 Å². The number of aliphatic hydroxyl groups is 1. The summed E-state index contributed by atoms with van der Waals surface area (Å²) < 4.78 is 18.7. The van der Waals surface area contributed by atoms with Gasteiger partial charge in [0.1, 0.15) is 17.7 Å². The van der Waals surface area contributed by atoms with Crippen LogP contribution in [0.4, 0.5) is 5.69 Å². The van der Waals surface area contributed by atoms with E-state index in [0.717, 1.165) is 11.1 Å². The van der Waals surface area contributed by atoms with Crippen LogP contribution in [0.15, 0.2) is 73.8 Å². The highest BCUT2D eigenvalue weighted by Crippen LogP contribution is 2.61. The van der Waals surface area contributed by atoms with Crippen molar-refractivity contribution in [2.24, 2.45) is 17.8 Å². The SMILES string of the molecule is C=CCCC(=O)N[C@@H](COC)[C@@H](OC(=O)[C@@H]1[C@H]2O[C@@]3(CC2Br)[C@H](C(=O)N(CC=C)c2c(C)cccc2C)N([C@@H](CO)C(C)C)C(=O)[C@@H]13)c1ccccc1. The Morgan fingerprint density at radius 3 is 2.38 bits per heavy atom. The molecule has 3 aliphatic heterocycles. The maximum absolute atomic E-state index is 15.2. The summed E-state index contributed by atoms with van der Waals surface area (Å²) in [5.74, 6) is -4.16. The van der Waals surface area contributed by atoms with Gasteiger partial charge in [-0.1, -0.05) is 90.5 Å². The Labute approximate surface area is 320 Å². The molecule has 12 heteroatoms. The molecule has 11 nitrogen and oxygen atoms in total. The van der Waals surface area contributed by atoms with Crippen molar-refractivity contribution in [1.82, 2.24) is 10.2 Å². The van der Waals surface area contributed by atoms with E-state index in [0.29, 0.717) is 17.7 Å². The number of rotatable bonds is 17. The van der Waals surface area contributed by atoms with E-state index in [2.05, 4.69) is 34.4 Å². The van der Waals surface area contributed by atoms with Crippen molar-refractivity contribution in [1.29, 1.82) is 0 Å². The Morgan fingerprint density at radius 1 is 1.11 bits per heavy atom. The first-order valence-electron chi connectivity index (χ1n) is 18.2. The van der Waals surface area contributed by atoms with Gasteiger partial charge < -0.3 is 34.4 Å². The van der Waals surface area contributed by atoms with Gasteiger partial charge >= 0.3 is 5.97 Å². The molecule has 0 aromatic heterocycles. The molecule has 2 aromatic rings. The number of likely N-dealkylation sites (tertiary alicyclic amines) is 1. The number of carbonyl (C=O) groups is 4. The van der Waals surface area contributed by atoms with Gasteiger partial charge in [0.2, 0.25) is 11.8 Å². The molecule has 1 unspecified atom stereocenters. The number of anilines is 1. The van der Waals surface area contributed by atoms with Crippen molar-refractivity contribution in [3.05, 3.63) is 90.5 Å². The third kappa shape index (κ3) is 7.61. The number of aliphatic hydroxyl groups excluding tert-OH is 1. The van der Waals surface area contributed by atoms with Crippen LogP contribution in [-0.2, 0) is 33.4 Å². The molecule has 2 N–H and O–H groups in total. The standard InChI is InChI=1S/C41H52BrN3O8/c1-8-10-19-31(47)43-29(23-51-7)35(27-17-12-11-13-18-27)52-40(50)32-33-38(48)45(30(22-46)24(3)4)37(41(33)21-28(42)36(32)53-41)39(49)44(20-9-2)34-25(5)15-14-16-26(34)6/h8-9,11-18,24,28-30,32-33,35-37,46H,1-2,10,19-23H2,3-7H3,(H,43,47)/t28?,29-,30-,32-,33+,35-,36-,37-,41+/m0/s1. The van der Waals surface area contributed by atoms with E-state index in [4.69, 9.17) is 14.2 Å². The lowest BCUT2D eigenvalue weighted by Gasteiger charge is -2.41.